The number of rotatable bonds is 4. The number of hydrogen-bond donors (Lipinski definition) is 0. The molecular weight excluding hydrogens is 342 g/mol. The lowest BCUT2D eigenvalue weighted by molar-refractivity contribution is -0.137. The van der Waals surface area contributed by atoms with Crippen LogP contribution in [0.3, 0.4) is 0 Å². The Morgan fingerprint density at radius 3 is 2.93 bits per heavy atom. The third kappa shape index (κ3) is 3.36. The van der Waals surface area contributed by atoms with Gasteiger partial charge in [0, 0.05) is 51.0 Å². The Kier molecular flexibility index (Phi) is 4.72. The van der Waals surface area contributed by atoms with Crippen molar-refractivity contribution in [2.75, 3.05) is 26.2 Å². The van der Waals surface area contributed by atoms with Crippen LogP contribution in [0.4, 0.5) is 0 Å². The topological polar surface area (TPSA) is 75.4 Å². The zero-order chi connectivity index (χ0) is 19.0. The molecule has 0 spiro atoms. The van der Waals surface area contributed by atoms with Crippen molar-refractivity contribution in [3.8, 4) is 0 Å². The molecule has 0 unspecified atom stereocenters. The fourth-order valence-electron chi connectivity index (χ4n) is 4.59. The van der Waals surface area contributed by atoms with Gasteiger partial charge in [0.15, 0.2) is 5.82 Å². The predicted octanol–water partition coefficient (Wildman–Crippen LogP) is 2.03. The Hall–Kier alpha value is -2.28. The predicted molar refractivity (Wildman–Crippen MR) is 99.8 cm³/mol. The van der Waals surface area contributed by atoms with E-state index in [0.29, 0.717) is 24.2 Å². The maximum Gasteiger partial charge on any atom is 0.236 e. The van der Waals surface area contributed by atoms with Crippen molar-refractivity contribution in [3.05, 3.63) is 41.8 Å². The number of pyridine rings is 1. The zero-order valence-corrected chi connectivity index (χ0v) is 16.3. The highest BCUT2D eigenvalue weighted by Crippen LogP contribution is 2.44. The molecule has 2 saturated heterocycles. The Balaban J connectivity index is 1.62. The molecule has 7 heteroatoms. The van der Waals surface area contributed by atoms with Crippen LogP contribution in [0, 0.1) is 18.8 Å². The summed E-state index contributed by atoms with van der Waals surface area (Å²) >= 11 is 0. The molecule has 2 aromatic rings. The van der Waals surface area contributed by atoms with Gasteiger partial charge in [-0.2, -0.15) is 4.98 Å². The van der Waals surface area contributed by atoms with E-state index in [0.717, 1.165) is 32.6 Å². The van der Waals surface area contributed by atoms with Gasteiger partial charge in [0.25, 0.3) is 0 Å². The third-order valence-corrected chi connectivity index (χ3v) is 5.87. The van der Waals surface area contributed by atoms with E-state index in [2.05, 4.69) is 26.1 Å². The van der Waals surface area contributed by atoms with Gasteiger partial charge in [-0.05, 0) is 30.9 Å². The number of fused-ring (bicyclic) bond motifs is 1. The molecule has 2 atom stereocenters. The summed E-state index contributed by atoms with van der Waals surface area (Å²) < 4.78 is 5.66. The third-order valence-electron chi connectivity index (χ3n) is 5.87. The molecule has 7 nitrogen and oxygen atoms in total. The maximum absolute atomic E-state index is 12.7. The molecule has 2 fully saturated rings. The Morgan fingerprint density at radius 2 is 2.26 bits per heavy atom. The normalized spacial score (nSPS) is 25.8. The van der Waals surface area contributed by atoms with Crippen molar-refractivity contribution in [3.63, 3.8) is 0 Å². The number of carbonyl (C=O) groups is 1. The van der Waals surface area contributed by atoms with E-state index in [4.69, 9.17) is 4.52 Å². The summed E-state index contributed by atoms with van der Waals surface area (Å²) in [5.74, 6) is 1.94. The molecular formula is C20H27N5O2. The zero-order valence-electron chi connectivity index (χ0n) is 16.3. The highest BCUT2D eigenvalue weighted by molar-refractivity contribution is 5.78. The van der Waals surface area contributed by atoms with E-state index in [-0.39, 0.29) is 17.2 Å². The average Bonchev–Trinajstić information content (AvgIpc) is 3.25. The second-order valence-corrected chi connectivity index (χ2v) is 8.23. The number of nitrogens with zero attached hydrogens (tertiary/aromatic N) is 5. The highest BCUT2D eigenvalue weighted by atomic mass is 16.5. The number of piperidine rings is 1. The summed E-state index contributed by atoms with van der Waals surface area (Å²) in [5, 5.41) is 4.04. The molecule has 2 aliphatic rings. The quantitative estimate of drug-likeness (QED) is 0.821. The van der Waals surface area contributed by atoms with Gasteiger partial charge in [-0.25, -0.2) is 0 Å². The first-order valence-electron chi connectivity index (χ1n) is 9.69. The van der Waals surface area contributed by atoms with Crippen LogP contribution >= 0.6 is 0 Å². The van der Waals surface area contributed by atoms with Gasteiger partial charge in [0.05, 0.1) is 5.41 Å². The van der Waals surface area contributed by atoms with E-state index in [1.165, 1.54) is 5.56 Å². The fourth-order valence-corrected chi connectivity index (χ4v) is 4.59. The Bertz CT molecular complexity index is 806. The number of amides is 1. The lowest BCUT2D eigenvalue weighted by Crippen LogP contribution is -2.54. The Labute approximate surface area is 159 Å². The lowest BCUT2D eigenvalue weighted by atomic mass is 9.73. The summed E-state index contributed by atoms with van der Waals surface area (Å²) in [6.45, 7) is 9.86. The summed E-state index contributed by atoms with van der Waals surface area (Å²) in [5.41, 5.74) is 0.912. The van der Waals surface area contributed by atoms with Gasteiger partial charge >= 0.3 is 0 Å². The van der Waals surface area contributed by atoms with Crippen LogP contribution in [0.2, 0.25) is 0 Å². The van der Waals surface area contributed by atoms with E-state index >= 15 is 0 Å². The minimum Gasteiger partial charge on any atom is -0.341 e. The number of carbonyl (C=O) groups excluding carboxylic acids is 1. The van der Waals surface area contributed by atoms with Crippen LogP contribution < -0.4 is 0 Å². The molecule has 27 heavy (non-hydrogen) atoms. The first-order chi connectivity index (χ1) is 13.0. The van der Waals surface area contributed by atoms with E-state index in [1.807, 2.05) is 37.9 Å². The Morgan fingerprint density at radius 1 is 1.41 bits per heavy atom. The first kappa shape index (κ1) is 18.1. The SMILES string of the molecule is Cc1noc([C@@]23CN(Cc4cccnc4)C[C@@H]2CCN(C(=O)C(C)C)C3)n1. The number of hydrogen-bond acceptors (Lipinski definition) is 6. The van der Waals surface area contributed by atoms with Crippen LogP contribution in [0.1, 0.15) is 37.5 Å². The van der Waals surface area contributed by atoms with Crippen LogP contribution in [0.15, 0.2) is 29.0 Å². The van der Waals surface area contributed by atoms with Gasteiger partial charge in [0.2, 0.25) is 11.8 Å². The summed E-state index contributed by atoms with van der Waals surface area (Å²) in [6, 6.07) is 4.08. The smallest absolute Gasteiger partial charge is 0.236 e. The molecule has 4 heterocycles. The summed E-state index contributed by atoms with van der Waals surface area (Å²) in [6.07, 6.45) is 4.68. The molecule has 0 bridgehead atoms. The number of aromatic nitrogens is 3. The highest BCUT2D eigenvalue weighted by Gasteiger charge is 2.55. The van der Waals surface area contributed by atoms with Crippen LogP contribution in [0.5, 0.6) is 0 Å². The van der Waals surface area contributed by atoms with Crippen molar-refractivity contribution in [2.45, 2.75) is 39.2 Å². The average molecular weight is 369 g/mol. The first-order valence-corrected chi connectivity index (χ1v) is 9.69. The van der Waals surface area contributed by atoms with Gasteiger partial charge in [0.1, 0.15) is 0 Å². The van der Waals surface area contributed by atoms with Gasteiger partial charge in [-0.15, -0.1) is 0 Å². The van der Waals surface area contributed by atoms with Crippen molar-refractivity contribution < 1.29 is 9.32 Å². The van der Waals surface area contributed by atoms with Crippen molar-refractivity contribution in [1.82, 2.24) is 24.9 Å². The molecule has 0 aliphatic carbocycles. The van der Waals surface area contributed by atoms with Crippen LogP contribution in [-0.2, 0) is 16.8 Å². The van der Waals surface area contributed by atoms with E-state index in [1.54, 1.807) is 6.20 Å². The van der Waals surface area contributed by atoms with Crippen LogP contribution in [-0.4, -0.2) is 57.0 Å². The van der Waals surface area contributed by atoms with Gasteiger partial charge < -0.3 is 9.42 Å². The van der Waals surface area contributed by atoms with Gasteiger partial charge in [-0.3, -0.25) is 14.7 Å². The molecule has 1 amide bonds. The lowest BCUT2D eigenvalue weighted by Gasteiger charge is -2.42. The van der Waals surface area contributed by atoms with E-state index < -0.39 is 0 Å². The minimum absolute atomic E-state index is 0.00378. The second-order valence-electron chi connectivity index (χ2n) is 8.23. The molecule has 0 saturated carbocycles. The largest absolute Gasteiger partial charge is 0.341 e. The molecule has 144 valence electrons. The molecule has 4 rings (SSSR count). The van der Waals surface area contributed by atoms with Crippen molar-refractivity contribution >= 4 is 5.91 Å². The maximum atomic E-state index is 12.7. The van der Waals surface area contributed by atoms with Gasteiger partial charge in [-0.1, -0.05) is 25.1 Å². The van der Waals surface area contributed by atoms with Crippen LogP contribution in [0.25, 0.3) is 0 Å². The molecule has 2 aliphatic heterocycles. The monoisotopic (exact) mass is 369 g/mol. The van der Waals surface area contributed by atoms with Crippen molar-refractivity contribution in [2.24, 2.45) is 11.8 Å². The standard InChI is InChI=1S/C20H27N5O2/c1-14(2)18(26)25-8-6-17-11-24(10-16-5-4-7-21-9-16)12-20(17,13-25)19-22-15(3)23-27-19/h4-5,7,9,14,17H,6,8,10-13H2,1-3H3/t17-,20+/m0/s1. The molecule has 0 aromatic carbocycles. The summed E-state index contributed by atoms with van der Waals surface area (Å²) in [7, 11) is 0. The van der Waals surface area contributed by atoms with Crippen molar-refractivity contribution in [1.29, 1.82) is 0 Å². The molecule has 2 aromatic heterocycles. The second kappa shape index (κ2) is 7.03. The molecule has 0 radical (unpaired) electrons. The molecule has 0 N–H and O–H groups in total. The van der Waals surface area contributed by atoms with E-state index in [9.17, 15) is 4.79 Å². The number of likely N-dealkylation sites (tertiary alicyclic amines) is 2. The minimum atomic E-state index is -0.285. The fraction of sp³-hybridized carbons (Fsp3) is 0.600. The number of aryl methyl sites for hydroxylation is 1. The summed E-state index contributed by atoms with van der Waals surface area (Å²) in [4.78, 5) is 25.9.